The van der Waals surface area contributed by atoms with Crippen LogP contribution in [0.2, 0.25) is 0 Å². The Morgan fingerprint density at radius 1 is 1.30 bits per heavy atom. The summed E-state index contributed by atoms with van der Waals surface area (Å²) < 4.78 is 12.0. The number of ether oxygens (including phenoxy) is 2. The maximum Gasteiger partial charge on any atom is 0.339 e. The molecule has 0 saturated carbocycles. The van der Waals surface area contributed by atoms with E-state index in [-0.39, 0.29) is 5.56 Å². The number of methoxy groups -OCH3 is 2. The first kappa shape index (κ1) is 13.9. The lowest BCUT2D eigenvalue weighted by Gasteiger charge is -2.09. The second-order valence-electron chi connectivity index (χ2n) is 4.32. The third kappa shape index (κ3) is 2.74. The highest BCUT2D eigenvalue weighted by molar-refractivity contribution is 5.88. The van der Waals surface area contributed by atoms with Crippen molar-refractivity contribution in [1.29, 1.82) is 0 Å². The number of hydrogen-bond donors (Lipinski definition) is 1. The lowest BCUT2D eigenvalue weighted by atomic mass is 10.2. The summed E-state index contributed by atoms with van der Waals surface area (Å²) in [4.78, 5) is 11.0. The Balaban J connectivity index is 2.26. The lowest BCUT2D eigenvalue weighted by molar-refractivity contribution is 0.0696. The van der Waals surface area contributed by atoms with E-state index in [0.717, 1.165) is 5.56 Å². The van der Waals surface area contributed by atoms with Gasteiger partial charge in [0.1, 0.15) is 5.56 Å². The van der Waals surface area contributed by atoms with Crippen LogP contribution in [0.15, 0.2) is 24.4 Å². The van der Waals surface area contributed by atoms with Crippen LogP contribution in [0, 0.1) is 6.92 Å². The van der Waals surface area contributed by atoms with E-state index < -0.39 is 5.97 Å². The number of aromatic carboxylic acids is 1. The summed E-state index contributed by atoms with van der Waals surface area (Å²) in [7, 11) is 3.15. The Morgan fingerprint density at radius 2 is 2.00 bits per heavy atom. The molecule has 0 unspecified atom stereocenters. The van der Waals surface area contributed by atoms with Gasteiger partial charge in [0, 0.05) is 6.20 Å². The second kappa shape index (κ2) is 5.64. The summed E-state index contributed by atoms with van der Waals surface area (Å²) in [6.45, 7) is 2.14. The Morgan fingerprint density at radius 3 is 2.55 bits per heavy atom. The zero-order valence-corrected chi connectivity index (χ0v) is 11.6. The van der Waals surface area contributed by atoms with Crippen molar-refractivity contribution in [2.45, 2.75) is 13.5 Å². The smallest absolute Gasteiger partial charge is 0.339 e. The Labute approximate surface area is 116 Å². The number of nitrogens with zero attached hydrogens (tertiary/aromatic N) is 2. The quantitative estimate of drug-likeness (QED) is 0.903. The van der Waals surface area contributed by atoms with Gasteiger partial charge in [0.25, 0.3) is 0 Å². The minimum Gasteiger partial charge on any atom is -0.493 e. The molecular formula is C14H16N2O4. The molecule has 1 aromatic carbocycles. The van der Waals surface area contributed by atoms with Crippen LogP contribution in [0.5, 0.6) is 11.5 Å². The summed E-state index contributed by atoms with van der Waals surface area (Å²) >= 11 is 0. The number of aryl methyl sites for hydroxylation is 1. The van der Waals surface area contributed by atoms with Crippen molar-refractivity contribution in [2.24, 2.45) is 0 Å². The van der Waals surface area contributed by atoms with E-state index in [1.165, 1.54) is 6.20 Å². The fourth-order valence-electron chi connectivity index (χ4n) is 1.97. The van der Waals surface area contributed by atoms with E-state index in [1.807, 2.05) is 18.2 Å². The normalized spacial score (nSPS) is 10.3. The van der Waals surface area contributed by atoms with Crippen LogP contribution in [-0.2, 0) is 6.54 Å². The lowest BCUT2D eigenvalue weighted by Crippen LogP contribution is -2.01. The molecule has 0 bridgehead atoms. The first-order valence-electron chi connectivity index (χ1n) is 6.03. The molecule has 2 aromatic rings. The van der Waals surface area contributed by atoms with Gasteiger partial charge in [0.2, 0.25) is 0 Å². The van der Waals surface area contributed by atoms with Crippen molar-refractivity contribution in [3.63, 3.8) is 0 Å². The van der Waals surface area contributed by atoms with Gasteiger partial charge in [-0.3, -0.25) is 4.68 Å². The molecule has 0 radical (unpaired) electrons. The van der Waals surface area contributed by atoms with Crippen molar-refractivity contribution in [1.82, 2.24) is 9.78 Å². The van der Waals surface area contributed by atoms with E-state index in [9.17, 15) is 4.79 Å². The standard InChI is InChI=1S/C14H16N2O4/c1-9-11(14(17)18)8-16(15-9)7-10-4-5-12(19-2)13(6-10)20-3/h4-6,8H,7H2,1-3H3,(H,17,18). The van der Waals surface area contributed by atoms with Crippen molar-refractivity contribution in [2.75, 3.05) is 14.2 Å². The minimum atomic E-state index is -0.971. The van der Waals surface area contributed by atoms with Crippen molar-refractivity contribution in [3.8, 4) is 11.5 Å². The molecule has 0 spiro atoms. The molecule has 0 aliphatic rings. The largest absolute Gasteiger partial charge is 0.493 e. The number of rotatable bonds is 5. The molecule has 1 N–H and O–H groups in total. The fraction of sp³-hybridized carbons (Fsp3) is 0.286. The summed E-state index contributed by atoms with van der Waals surface area (Å²) in [5, 5.41) is 13.2. The molecule has 0 atom stereocenters. The van der Waals surface area contributed by atoms with E-state index in [1.54, 1.807) is 25.8 Å². The molecule has 0 aliphatic heterocycles. The van der Waals surface area contributed by atoms with Crippen LogP contribution in [0.4, 0.5) is 0 Å². The molecular weight excluding hydrogens is 260 g/mol. The highest BCUT2D eigenvalue weighted by atomic mass is 16.5. The fourth-order valence-corrected chi connectivity index (χ4v) is 1.97. The number of hydrogen-bond acceptors (Lipinski definition) is 4. The van der Waals surface area contributed by atoms with Crippen LogP contribution in [0.1, 0.15) is 21.6 Å². The first-order chi connectivity index (χ1) is 9.55. The second-order valence-corrected chi connectivity index (χ2v) is 4.32. The summed E-state index contributed by atoms with van der Waals surface area (Å²) in [5.74, 6) is 0.313. The molecule has 1 heterocycles. The van der Waals surface area contributed by atoms with Gasteiger partial charge in [-0.1, -0.05) is 6.07 Å². The number of benzene rings is 1. The van der Waals surface area contributed by atoms with Gasteiger partial charge in [0.15, 0.2) is 11.5 Å². The number of carboxylic acids is 1. The van der Waals surface area contributed by atoms with Crippen molar-refractivity contribution >= 4 is 5.97 Å². The average molecular weight is 276 g/mol. The van der Waals surface area contributed by atoms with Crippen LogP contribution in [0.25, 0.3) is 0 Å². The van der Waals surface area contributed by atoms with E-state index in [4.69, 9.17) is 14.6 Å². The highest BCUT2D eigenvalue weighted by Crippen LogP contribution is 2.27. The number of carbonyl (C=O) groups is 1. The van der Waals surface area contributed by atoms with Gasteiger partial charge in [-0.25, -0.2) is 4.79 Å². The molecule has 2 rings (SSSR count). The third-order valence-corrected chi connectivity index (χ3v) is 2.97. The monoisotopic (exact) mass is 276 g/mol. The molecule has 0 aliphatic carbocycles. The first-order valence-corrected chi connectivity index (χ1v) is 6.03. The molecule has 1 aromatic heterocycles. The zero-order valence-electron chi connectivity index (χ0n) is 11.6. The summed E-state index contributed by atoms with van der Waals surface area (Å²) in [6.07, 6.45) is 1.52. The maximum absolute atomic E-state index is 11.0. The zero-order chi connectivity index (χ0) is 14.7. The van der Waals surface area contributed by atoms with Crippen LogP contribution < -0.4 is 9.47 Å². The minimum absolute atomic E-state index is 0.213. The molecule has 0 amide bonds. The highest BCUT2D eigenvalue weighted by Gasteiger charge is 2.12. The summed E-state index contributed by atoms with van der Waals surface area (Å²) in [5.41, 5.74) is 1.66. The number of aromatic nitrogens is 2. The van der Waals surface area contributed by atoms with Crippen LogP contribution in [-0.4, -0.2) is 35.1 Å². The van der Waals surface area contributed by atoms with E-state index in [0.29, 0.717) is 23.7 Å². The van der Waals surface area contributed by atoms with Gasteiger partial charge in [-0.2, -0.15) is 5.10 Å². The van der Waals surface area contributed by atoms with Gasteiger partial charge in [-0.15, -0.1) is 0 Å². The molecule has 6 nitrogen and oxygen atoms in total. The van der Waals surface area contributed by atoms with Gasteiger partial charge in [-0.05, 0) is 24.6 Å². The molecule has 0 fully saturated rings. The molecule has 0 saturated heterocycles. The Kier molecular flexibility index (Phi) is 3.93. The SMILES string of the molecule is COc1ccc(Cn2cc(C(=O)O)c(C)n2)cc1OC. The maximum atomic E-state index is 11.0. The van der Waals surface area contributed by atoms with Crippen LogP contribution >= 0.6 is 0 Å². The predicted molar refractivity (Wildman–Crippen MR) is 72.6 cm³/mol. The van der Waals surface area contributed by atoms with Gasteiger partial charge < -0.3 is 14.6 Å². The van der Waals surface area contributed by atoms with Gasteiger partial charge in [0.05, 0.1) is 26.5 Å². The van der Waals surface area contributed by atoms with Crippen molar-refractivity contribution < 1.29 is 19.4 Å². The van der Waals surface area contributed by atoms with Crippen molar-refractivity contribution in [3.05, 3.63) is 41.2 Å². The Hall–Kier alpha value is -2.50. The third-order valence-electron chi connectivity index (χ3n) is 2.97. The van der Waals surface area contributed by atoms with Crippen LogP contribution in [0.3, 0.4) is 0 Å². The van der Waals surface area contributed by atoms with Gasteiger partial charge >= 0.3 is 5.97 Å². The molecule has 20 heavy (non-hydrogen) atoms. The van der Waals surface area contributed by atoms with E-state index in [2.05, 4.69) is 5.10 Å². The summed E-state index contributed by atoms with van der Waals surface area (Å²) in [6, 6.07) is 5.54. The number of carboxylic acid groups (broad SMARTS) is 1. The average Bonchev–Trinajstić information content (AvgIpc) is 2.79. The predicted octanol–water partition coefficient (Wildman–Crippen LogP) is 1.96. The molecule has 6 heteroatoms. The van der Waals surface area contributed by atoms with E-state index >= 15 is 0 Å². The topological polar surface area (TPSA) is 73.6 Å². The Bertz CT molecular complexity index is 634. The molecule has 106 valence electrons.